The van der Waals surface area contributed by atoms with Crippen molar-refractivity contribution < 1.29 is 22.4 Å². The normalized spacial score (nSPS) is 11.7. The Morgan fingerprint density at radius 3 is 2.61 bits per heavy atom. The smallest absolute Gasteiger partial charge is 0.422 e. The van der Waals surface area contributed by atoms with Crippen molar-refractivity contribution in [1.82, 2.24) is 20.8 Å². The van der Waals surface area contributed by atoms with Gasteiger partial charge in [-0.1, -0.05) is 17.3 Å². The van der Waals surface area contributed by atoms with Crippen molar-refractivity contribution in [2.45, 2.75) is 40.0 Å². The number of nitrogens with zero attached hydrogens (tertiary/aromatic N) is 3. The molecule has 0 unspecified atom stereocenters. The molecule has 7 nitrogen and oxygen atoms in total. The molecular weight excluding hydrogens is 490 g/mol. The Morgan fingerprint density at radius 1 is 1.25 bits per heavy atom. The third-order valence-corrected chi connectivity index (χ3v) is 3.34. The minimum Gasteiger partial charge on any atom is -0.484 e. The fraction of sp³-hybridized carbons (Fsp3) is 0.471. The lowest BCUT2D eigenvalue weighted by Gasteiger charge is -2.14. The summed E-state index contributed by atoms with van der Waals surface area (Å²) in [6, 6.07) is 5.07. The van der Waals surface area contributed by atoms with E-state index in [1.54, 1.807) is 32.0 Å². The van der Waals surface area contributed by atoms with Crippen LogP contribution >= 0.6 is 24.0 Å². The van der Waals surface area contributed by atoms with E-state index in [0.717, 1.165) is 5.56 Å². The van der Waals surface area contributed by atoms with Crippen LogP contribution in [0.3, 0.4) is 0 Å². The number of benzene rings is 1. The molecule has 0 aliphatic rings. The Balaban J connectivity index is 0.00000392. The summed E-state index contributed by atoms with van der Waals surface area (Å²) < 4.78 is 47.3. The van der Waals surface area contributed by atoms with Crippen molar-refractivity contribution in [3.05, 3.63) is 41.0 Å². The first-order valence-electron chi connectivity index (χ1n) is 8.37. The van der Waals surface area contributed by atoms with Gasteiger partial charge in [0, 0.05) is 12.1 Å². The third kappa shape index (κ3) is 8.31. The summed E-state index contributed by atoms with van der Waals surface area (Å²) in [5.74, 6) is 1.57. The summed E-state index contributed by atoms with van der Waals surface area (Å²) in [4.78, 5) is 8.47. The Bertz CT molecular complexity index is 780. The molecule has 156 valence electrons. The summed E-state index contributed by atoms with van der Waals surface area (Å²) in [5, 5.41) is 9.77. The average Bonchev–Trinajstić information content (AvgIpc) is 3.01. The highest BCUT2D eigenvalue weighted by Crippen LogP contribution is 2.24. The van der Waals surface area contributed by atoms with Crippen molar-refractivity contribution in [1.29, 1.82) is 0 Å². The van der Waals surface area contributed by atoms with Gasteiger partial charge in [0.1, 0.15) is 5.75 Å². The maximum Gasteiger partial charge on any atom is 0.422 e. The molecule has 0 atom stereocenters. The summed E-state index contributed by atoms with van der Waals surface area (Å²) in [7, 11) is 0. The molecular formula is C17H23F3IN5O2. The lowest BCUT2D eigenvalue weighted by molar-refractivity contribution is -0.153. The SMILES string of the molecule is CCNC(=NCc1ccc(C)cc1OCC(F)(F)F)NCc1nc(C)no1.I. The number of aromatic nitrogens is 2. The van der Waals surface area contributed by atoms with Gasteiger partial charge < -0.3 is 19.9 Å². The van der Waals surface area contributed by atoms with Gasteiger partial charge in [-0.3, -0.25) is 0 Å². The van der Waals surface area contributed by atoms with Gasteiger partial charge in [0.25, 0.3) is 0 Å². The summed E-state index contributed by atoms with van der Waals surface area (Å²) in [5.41, 5.74) is 1.35. The second-order valence-corrected chi connectivity index (χ2v) is 5.80. The van der Waals surface area contributed by atoms with Crippen LogP contribution in [0.1, 0.15) is 29.8 Å². The lowest BCUT2D eigenvalue weighted by Crippen LogP contribution is -2.36. The van der Waals surface area contributed by atoms with Crippen LogP contribution in [0.15, 0.2) is 27.7 Å². The first-order chi connectivity index (χ1) is 12.8. The zero-order valence-corrected chi connectivity index (χ0v) is 18.1. The van der Waals surface area contributed by atoms with Crippen molar-refractivity contribution in [3.63, 3.8) is 0 Å². The van der Waals surface area contributed by atoms with Crippen molar-refractivity contribution in [2.75, 3.05) is 13.2 Å². The van der Waals surface area contributed by atoms with E-state index < -0.39 is 12.8 Å². The molecule has 11 heteroatoms. The molecule has 0 bridgehead atoms. The second kappa shape index (κ2) is 11.1. The fourth-order valence-corrected chi connectivity index (χ4v) is 2.16. The summed E-state index contributed by atoms with van der Waals surface area (Å²) in [6.45, 7) is 5.08. The topological polar surface area (TPSA) is 84.6 Å². The highest BCUT2D eigenvalue weighted by molar-refractivity contribution is 14.0. The highest BCUT2D eigenvalue weighted by Gasteiger charge is 2.28. The minimum absolute atomic E-state index is 0. The van der Waals surface area contributed by atoms with E-state index >= 15 is 0 Å². The van der Waals surface area contributed by atoms with Gasteiger partial charge in [-0.05, 0) is 32.4 Å². The predicted molar refractivity (Wildman–Crippen MR) is 109 cm³/mol. The number of guanidine groups is 1. The quantitative estimate of drug-likeness (QED) is 0.335. The summed E-state index contributed by atoms with van der Waals surface area (Å²) >= 11 is 0. The number of ether oxygens (including phenoxy) is 1. The van der Waals surface area contributed by atoms with Gasteiger partial charge in [-0.15, -0.1) is 24.0 Å². The van der Waals surface area contributed by atoms with Gasteiger partial charge in [0.05, 0.1) is 13.1 Å². The minimum atomic E-state index is -4.40. The molecule has 0 aliphatic heterocycles. The zero-order chi connectivity index (χ0) is 19.9. The molecule has 0 aliphatic carbocycles. The van der Waals surface area contributed by atoms with Gasteiger partial charge in [0.2, 0.25) is 5.89 Å². The Kier molecular flexibility index (Phi) is 9.49. The molecule has 2 aromatic rings. The molecule has 2 N–H and O–H groups in total. The van der Waals surface area contributed by atoms with E-state index in [4.69, 9.17) is 9.26 Å². The van der Waals surface area contributed by atoms with E-state index in [9.17, 15) is 13.2 Å². The molecule has 2 rings (SSSR count). The molecule has 0 radical (unpaired) electrons. The van der Waals surface area contributed by atoms with E-state index in [1.807, 2.05) is 6.92 Å². The van der Waals surface area contributed by atoms with Gasteiger partial charge >= 0.3 is 6.18 Å². The number of aliphatic imine (C=N–C) groups is 1. The standard InChI is InChI=1S/C17H22F3N5O2.HI/c1-4-21-16(23-9-15-24-12(3)25-27-15)22-8-13-6-5-11(2)7-14(13)26-10-17(18,19)20;/h5-7H,4,8-10H2,1-3H3,(H2,21,22,23);1H. The van der Waals surface area contributed by atoms with Gasteiger partial charge in [-0.25, -0.2) is 4.99 Å². The van der Waals surface area contributed by atoms with Crippen LogP contribution in [-0.2, 0) is 13.1 Å². The molecule has 0 saturated carbocycles. The van der Waals surface area contributed by atoms with Crippen LogP contribution in [0.4, 0.5) is 13.2 Å². The first kappa shape index (κ1) is 24.0. The number of hydrogen-bond donors (Lipinski definition) is 2. The van der Waals surface area contributed by atoms with E-state index in [0.29, 0.717) is 29.8 Å². The Morgan fingerprint density at radius 2 is 2.00 bits per heavy atom. The van der Waals surface area contributed by atoms with Crippen LogP contribution in [0.5, 0.6) is 5.75 Å². The van der Waals surface area contributed by atoms with Crippen molar-refractivity contribution in [3.8, 4) is 5.75 Å². The molecule has 0 saturated heterocycles. The maximum absolute atomic E-state index is 12.5. The molecule has 28 heavy (non-hydrogen) atoms. The van der Waals surface area contributed by atoms with Crippen LogP contribution in [0.25, 0.3) is 0 Å². The lowest BCUT2D eigenvalue weighted by atomic mass is 10.1. The Hall–Kier alpha value is -2.05. The second-order valence-electron chi connectivity index (χ2n) is 5.80. The van der Waals surface area contributed by atoms with Crippen LogP contribution in [0.2, 0.25) is 0 Å². The third-order valence-electron chi connectivity index (χ3n) is 3.34. The zero-order valence-electron chi connectivity index (χ0n) is 15.8. The van der Waals surface area contributed by atoms with Crippen molar-refractivity contribution >= 4 is 29.9 Å². The number of alkyl halides is 3. The summed E-state index contributed by atoms with van der Waals surface area (Å²) in [6.07, 6.45) is -4.40. The fourth-order valence-electron chi connectivity index (χ4n) is 2.16. The molecule has 1 aromatic carbocycles. The molecule has 0 amide bonds. The van der Waals surface area contributed by atoms with E-state index in [1.165, 1.54) is 0 Å². The number of halogens is 4. The van der Waals surface area contributed by atoms with Crippen LogP contribution < -0.4 is 15.4 Å². The number of rotatable bonds is 7. The molecule has 0 spiro atoms. The molecule has 0 fully saturated rings. The van der Waals surface area contributed by atoms with Crippen LogP contribution in [-0.4, -0.2) is 35.4 Å². The molecule has 1 aromatic heterocycles. The molecule has 1 heterocycles. The van der Waals surface area contributed by atoms with E-state index in [2.05, 4.69) is 25.8 Å². The number of hydrogen-bond acceptors (Lipinski definition) is 5. The van der Waals surface area contributed by atoms with Crippen LogP contribution in [0, 0.1) is 13.8 Å². The first-order valence-corrected chi connectivity index (χ1v) is 8.37. The van der Waals surface area contributed by atoms with Gasteiger partial charge in [0.15, 0.2) is 18.4 Å². The largest absolute Gasteiger partial charge is 0.484 e. The van der Waals surface area contributed by atoms with Gasteiger partial charge in [-0.2, -0.15) is 18.2 Å². The highest BCUT2D eigenvalue weighted by atomic mass is 127. The number of aryl methyl sites for hydroxylation is 2. The Labute approximate surface area is 178 Å². The predicted octanol–water partition coefficient (Wildman–Crippen LogP) is 3.50. The average molecular weight is 513 g/mol. The van der Waals surface area contributed by atoms with Crippen molar-refractivity contribution in [2.24, 2.45) is 4.99 Å². The van der Waals surface area contributed by atoms with E-state index in [-0.39, 0.29) is 42.8 Å². The maximum atomic E-state index is 12.5. The monoisotopic (exact) mass is 513 g/mol. The number of nitrogens with one attached hydrogen (secondary N) is 2.